The van der Waals surface area contributed by atoms with Crippen molar-refractivity contribution in [3.05, 3.63) is 89.7 Å². The molecule has 2 N–H and O–H groups in total. The third-order valence-corrected chi connectivity index (χ3v) is 8.25. The molecule has 0 radical (unpaired) electrons. The smallest absolute Gasteiger partial charge is 0.228 e. The zero-order valence-corrected chi connectivity index (χ0v) is 25.4. The van der Waals surface area contributed by atoms with Gasteiger partial charge in [-0.1, -0.05) is 81.4 Å². The molecule has 9 heteroatoms. The largest absolute Gasteiger partial charge is 0.345 e. The van der Waals surface area contributed by atoms with Crippen molar-refractivity contribution in [2.24, 2.45) is 5.41 Å². The number of benzene rings is 2. The van der Waals surface area contributed by atoms with Crippen molar-refractivity contribution in [3.8, 4) is 22.0 Å². The molecule has 42 heavy (non-hydrogen) atoms. The first-order valence-corrected chi connectivity index (χ1v) is 14.8. The highest BCUT2D eigenvalue weighted by atomic mass is 32.1. The number of aromatic nitrogens is 3. The van der Waals surface area contributed by atoms with E-state index in [4.69, 9.17) is 4.98 Å². The van der Waals surface area contributed by atoms with Crippen LogP contribution in [-0.2, 0) is 20.8 Å². The van der Waals surface area contributed by atoms with E-state index in [0.717, 1.165) is 16.0 Å². The van der Waals surface area contributed by atoms with E-state index < -0.39 is 23.4 Å². The molecule has 1 amide bonds. The predicted octanol–water partition coefficient (Wildman–Crippen LogP) is 5.26. The van der Waals surface area contributed by atoms with Gasteiger partial charge in [-0.15, -0.1) is 11.3 Å². The molecule has 4 rings (SSSR count). The lowest BCUT2D eigenvalue weighted by Crippen LogP contribution is -2.51. The monoisotopic (exact) mass is 583 g/mol. The molecule has 0 aliphatic rings. The summed E-state index contributed by atoms with van der Waals surface area (Å²) < 4.78 is 0. The fraction of sp³-hybridized carbons (Fsp3) is 0.333. The van der Waals surface area contributed by atoms with Crippen molar-refractivity contribution in [1.82, 2.24) is 25.6 Å². The van der Waals surface area contributed by atoms with Gasteiger partial charge in [0.2, 0.25) is 5.91 Å². The molecule has 3 atom stereocenters. The van der Waals surface area contributed by atoms with Crippen LogP contribution in [-0.4, -0.2) is 51.6 Å². The first kappa shape index (κ1) is 30.9. The molecule has 2 aromatic heterocycles. The Morgan fingerprint density at radius 3 is 2.19 bits per heavy atom. The standard InChI is InChI=1S/C33H37N5O3S/c1-21(34-5)26(39)18-24(22-12-8-6-9-13-22)31(41)38-30(33(2,3)4)27(40)19-28-29(23-14-10-7-11-15-23)37-32(42-28)25-20-35-16-17-36-25/h6-17,20-21,24,30,34H,18-19H2,1-5H3,(H,38,41)/t21-,24-,30+/m0/s1. The number of likely N-dealkylation sites (N-methyl/N-ethyl adjacent to an activating group) is 1. The maximum absolute atomic E-state index is 14.0. The van der Waals surface area contributed by atoms with Gasteiger partial charge in [-0.2, -0.15) is 0 Å². The fourth-order valence-electron chi connectivity index (χ4n) is 4.68. The van der Waals surface area contributed by atoms with E-state index in [2.05, 4.69) is 20.6 Å². The number of hydrogen-bond acceptors (Lipinski definition) is 8. The Kier molecular flexibility index (Phi) is 10.1. The summed E-state index contributed by atoms with van der Waals surface area (Å²) in [6.45, 7) is 7.56. The number of ketones is 2. The predicted molar refractivity (Wildman–Crippen MR) is 166 cm³/mol. The van der Waals surface area contributed by atoms with Crippen LogP contribution in [0, 0.1) is 5.41 Å². The van der Waals surface area contributed by atoms with Crippen molar-refractivity contribution >= 4 is 28.8 Å². The van der Waals surface area contributed by atoms with Crippen LogP contribution in [0.25, 0.3) is 22.0 Å². The van der Waals surface area contributed by atoms with Gasteiger partial charge in [0.05, 0.1) is 29.9 Å². The first-order valence-electron chi connectivity index (χ1n) is 14.0. The Labute approximate surface area is 251 Å². The maximum Gasteiger partial charge on any atom is 0.228 e. The summed E-state index contributed by atoms with van der Waals surface area (Å²) in [5.74, 6) is -1.28. The van der Waals surface area contributed by atoms with Crippen LogP contribution >= 0.6 is 11.3 Å². The van der Waals surface area contributed by atoms with E-state index in [1.165, 1.54) is 11.3 Å². The van der Waals surface area contributed by atoms with Gasteiger partial charge in [-0.3, -0.25) is 24.4 Å². The quantitative estimate of drug-likeness (QED) is 0.234. The molecule has 0 saturated carbocycles. The minimum atomic E-state index is -0.793. The fourth-order valence-corrected chi connectivity index (χ4v) is 5.74. The summed E-state index contributed by atoms with van der Waals surface area (Å²) in [5.41, 5.74) is 2.38. The van der Waals surface area contributed by atoms with E-state index in [-0.39, 0.29) is 30.3 Å². The molecular formula is C33H37N5O3S. The second-order valence-electron chi connectivity index (χ2n) is 11.3. The summed E-state index contributed by atoms with van der Waals surface area (Å²) >= 11 is 1.40. The lowest BCUT2D eigenvalue weighted by atomic mass is 9.82. The molecule has 0 fully saturated rings. The number of hydrogen-bond donors (Lipinski definition) is 2. The van der Waals surface area contributed by atoms with Crippen LogP contribution in [0.5, 0.6) is 0 Å². The summed E-state index contributed by atoms with van der Waals surface area (Å²) in [6.07, 6.45) is 4.97. The summed E-state index contributed by atoms with van der Waals surface area (Å²) in [6, 6.07) is 17.8. The number of thiazole rings is 1. The zero-order chi connectivity index (χ0) is 30.3. The van der Waals surface area contributed by atoms with Crippen LogP contribution in [0.1, 0.15) is 50.5 Å². The van der Waals surface area contributed by atoms with Gasteiger partial charge < -0.3 is 10.6 Å². The van der Waals surface area contributed by atoms with Crippen molar-refractivity contribution in [1.29, 1.82) is 0 Å². The van der Waals surface area contributed by atoms with Crippen molar-refractivity contribution in [2.45, 2.75) is 58.5 Å². The number of carbonyl (C=O) groups excluding carboxylic acids is 3. The van der Waals surface area contributed by atoms with E-state index in [0.29, 0.717) is 16.4 Å². The summed E-state index contributed by atoms with van der Waals surface area (Å²) in [4.78, 5) is 54.9. The first-order chi connectivity index (χ1) is 20.1. The number of Topliss-reactive ketones (excluding diaryl/α,β-unsaturated/α-hetero) is 2. The molecule has 0 aliphatic heterocycles. The SMILES string of the molecule is CN[C@@H](C)C(=O)C[C@H](C(=O)N[C@H](C(=O)Cc1sc(-c2cnccn2)nc1-c1ccccc1)C(C)(C)C)c1ccccc1. The highest BCUT2D eigenvalue weighted by Gasteiger charge is 2.36. The zero-order valence-electron chi connectivity index (χ0n) is 24.6. The lowest BCUT2D eigenvalue weighted by molar-refractivity contribution is -0.132. The third kappa shape index (κ3) is 7.60. The van der Waals surface area contributed by atoms with Crippen molar-refractivity contribution < 1.29 is 14.4 Å². The van der Waals surface area contributed by atoms with Gasteiger partial charge in [0.1, 0.15) is 10.7 Å². The summed E-state index contributed by atoms with van der Waals surface area (Å²) in [7, 11) is 1.72. The Bertz CT molecular complexity index is 1500. The van der Waals surface area contributed by atoms with Gasteiger partial charge in [-0.05, 0) is 24.9 Å². The van der Waals surface area contributed by atoms with Crippen LogP contribution < -0.4 is 10.6 Å². The number of nitrogens with zero attached hydrogens (tertiary/aromatic N) is 3. The Balaban J connectivity index is 1.64. The van der Waals surface area contributed by atoms with Gasteiger partial charge >= 0.3 is 0 Å². The van der Waals surface area contributed by atoms with Crippen molar-refractivity contribution in [3.63, 3.8) is 0 Å². The van der Waals surface area contributed by atoms with Gasteiger partial charge in [-0.25, -0.2) is 4.98 Å². The topological polar surface area (TPSA) is 114 Å². The Hall–Kier alpha value is -4.08. The van der Waals surface area contributed by atoms with E-state index in [1.807, 2.05) is 81.4 Å². The van der Waals surface area contributed by atoms with Crippen LogP contribution in [0.4, 0.5) is 0 Å². The highest BCUT2D eigenvalue weighted by molar-refractivity contribution is 7.15. The van der Waals surface area contributed by atoms with E-state index in [9.17, 15) is 14.4 Å². The molecule has 2 heterocycles. The Morgan fingerprint density at radius 1 is 0.929 bits per heavy atom. The molecule has 0 unspecified atom stereocenters. The van der Waals surface area contributed by atoms with Gasteiger partial charge in [0.25, 0.3) is 0 Å². The van der Waals surface area contributed by atoms with Crippen LogP contribution in [0.3, 0.4) is 0 Å². The minimum Gasteiger partial charge on any atom is -0.345 e. The molecule has 0 saturated heterocycles. The molecule has 0 bridgehead atoms. The number of nitrogens with one attached hydrogen (secondary N) is 2. The molecule has 218 valence electrons. The van der Waals surface area contributed by atoms with Gasteiger partial charge in [0, 0.05) is 35.7 Å². The second-order valence-corrected chi connectivity index (χ2v) is 12.4. The molecule has 0 aliphatic carbocycles. The summed E-state index contributed by atoms with van der Waals surface area (Å²) in [5, 5.41) is 6.66. The van der Waals surface area contributed by atoms with Crippen molar-refractivity contribution in [2.75, 3.05) is 7.05 Å². The van der Waals surface area contributed by atoms with Crippen LogP contribution in [0.2, 0.25) is 0 Å². The number of rotatable bonds is 12. The maximum atomic E-state index is 14.0. The Morgan fingerprint density at radius 2 is 1.60 bits per heavy atom. The normalized spacial score (nSPS) is 13.6. The second kappa shape index (κ2) is 13.7. The van der Waals surface area contributed by atoms with Gasteiger partial charge in [0.15, 0.2) is 11.6 Å². The molecule has 0 spiro atoms. The van der Waals surface area contributed by atoms with E-state index >= 15 is 0 Å². The van der Waals surface area contributed by atoms with Crippen LogP contribution in [0.15, 0.2) is 79.3 Å². The average Bonchev–Trinajstić information content (AvgIpc) is 3.42. The third-order valence-electron chi connectivity index (χ3n) is 7.18. The molecule has 4 aromatic rings. The lowest BCUT2D eigenvalue weighted by Gasteiger charge is -2.32. The number of amides is 1. The average molecular weight is 584 g/mol. The highest BCUT2D eigenvalue weighted by Crippen LogP contribution is 2.34. The number of carbonyl (C=O) groups is 3. The molecule has 2 aromatic carbocycles. The molecular weight excluding hydrogens is 546 g/mol. The van der Waals surface area contributed by atoms with E-state index in [1.54, 1.807) is 32.6 Å². The molecule has 8 nitrogen and oxygen atoms in total. The minimum absolute atomic E-state index is 0.0252.